The molecule has 4 nitrogen and oxygen atoms in total. The van der Waals surface area contributed by atoms with Gasteiger partial charge in [-0.2, -0.15) is 0 Å². The lowest BCUT2D eigenvalue weighted by Gasteiger charge is -2.11. The first-order valence-corrected chi connectivity index (χ1v) is 7.92. The highest BCUT2D eigenvalue weighted by Gasteiger charge is 2.10. The van der Waals surface area contributed by atoms with E-state index in [4.69, 9.17) is 0 Å². The third kappa shape index (κ3) is 4.40. The van der Waals surface area contributed by atoms with Gasteiger partial charge in [-0.1, -0.05) is 15.9 Å². The lowest BCUT2D eigenvalue weighted by molar-refractivity contribution is -0.115. The maximum atomic E-state index is 11.8. The number of hydrogen-bond acceptors (Lipinski definition) is 4. The van der Waals surface area contributed by atoms with Crippen LogP contribution in [0.3, 0.4) is 0 Å². The Morgan fingerprint density at radius 2 is 2.10 bits per heavy atom. The minimum Gasteiger partial charge on any atom is -0.325 e. The summed E-state index contributed by atoms with van der Waals surface area (Å²) >= 11 is 4.96. The highest BCUT2D eigenvalue weighted by atomic mass is 79.9. The van der Waals surface area contributed by atoms with Gasteiger partial charge in [0.05, 0.1) is 12.6 Å². The number of amides is 1. The van der Waals surface area contributed by atoms with Gasteiger partial charge < -0.3 is 5.32 Å². The normalized spacial score (nSPS) is 12.2. The second-order valence-corrected chi connectivity index (χ2v) is 6.29. The molecule has 20 heavy (non-hydrogen) atoms. The summed E-state index contributed by atoms with van der Waals surface area (Å²) in [4.78, 5) is 16.2. The molecule has 0 fully saturated rings. The van der Waals surface area contributed by atoms with E-state index >= 15 is 0 Å². The summed E-state index contributed by atoms with van der Waals surface area (Å²) in [5.74, 6) is -0.0625. The Morgan fingerprint density at radius 3 is 2.70 bits per heavy atom. The van der Waals surface area contributed by atoms with Crippen molar-refractivity contribution in [2.24, 2.45) is 0 Å². The van der Waals surface area contributed by atoms with Crippen LogP contribution in [0.4, 0.5) is 5.69 Å². The van der Waals surface area contributed by atoms with E-state index in [1.165, 1.54) is 0 Å². The third-order valence-electron chi connectivity index (χ3n) is 2.70. The van der Waals surface area contributed by atoms with Crippen LogP contribution in [0, 0.1) is 6.92 Å². The number of hydrogen-bond donors (Lipinski definition) is 2. The summed E-state index contributed by atoms with van der Waals surface area (Å²) in [5.41, 5.74) is 1.80. The van der Waals surface area contributed by atoms with Crippen LogP contribution < -0.4 is 10.6 Å². The molecule has 1 amide bonds. The Bertz CT molecular complexity index is 582. The predicted molar refractivity (Wildman–Crippen MR) is 86.0 cm³/mol. The zero-order valence-electron chi connectivity index (χ0n) is 11.3. The van der Waals surface area contributed by atoms with Crippen LogP contribution in [0.25, 0.3) is 0 Å². The molecule has 0 aliphatic heterocycles. The second kappa shape index (κ2) is 6.97. The molecular formula is C14H16BrN3OS. The van der Waals surface area contributed by atoms with Crippen molar-refractivity contribution in [3.8, 4) is 0 Å². The molecule has 0 radical (unpaired) electrons. The van der Waals surface area contributed by atoms with Crippen molar-refractivity contribution in [1.29, 1.82) is 0 Å². The van der Waals surface area contributed by atoms with E-state index < -0.39 is 0 Å². The van der Waals surface area contributed by atoms with Crippen LogP contribution in [0.15, 0.2) is 34.1 Å². The van der Waals surface area contributed by atoms with Crippen molar-refractivity contribution in [1.82, 2.24) is 10.3 Å². The summed E-state index contributed by atoms with van der Waals surface area (Å²) < 4.78 is 0.987. The molecule has 2 N–H and O–H groups in total. The number of carbonyl (C=O) groups is 1. The fourth-order valence-electron chi connectivity index (χ4n) is 1.64. The molecule has 1 heterocycles. The molecule has 106 valence electrons. The quantitative estimate of drug-likeness (QED) is 0.864. The fraction of sp³-hybridized carbons (Fsp3) is 0.286. The van der Waals surface area contributed by atoms with Gasteiger partial charge >= 0.3 is 0 Å². The van der Waals surface area contributed by atoms with Crippen LogP contribution in [0.5, 0.6) is 0 Å². The van der Waals surface area contributed by atoms with Crippen LogP contribution in [0.2, 0.25) is 0 Å². The molecular weight excluding hydrogens is 338 g/mol. The highest BCUT2D eigenvalue weighted by Crippen LogP contribution is 2.17. The molecule has 1 unspecified atom stereocenters. The lowest BCUT2D eigenvalue weighted by Crippen LogP contribution is -2.30. The zero-order valence-corrected chi connectivity index (χ0v) is 13.7. The SMILES string of the molecule is Cc1csc(C(C)NCC(=O)Nc2ccc(Br)cc2)n1. The molecule has 0 bridgehead atoms. The number of aromatic nitrogens is 1. The molecule has 0 spiro atoms. The second-order valence-electron chi connectivity index (χ2n) is 4.48. The average molecular weight is 354 g/mol. The number of nitrogens with one attached hydrogen (secondary N) is 2. The number of thiazole rings is 1. The summed E-state index contributed by atoms with van der Waals surface area (Å²) in [6.07, 6.45) is 0. The zero-order chi connectivity index (χ0) is 14.5. The summed E-state index contributed by atoms with van der Waals surface area (Å²) in [7, 11) is 0. The molecule has 6 heteroatoms. The Balaban J connectivity index is 1.81. The first kappa shape index (κ1) is 15.2. The van der Waals surface area contributed by atoms with Gasteiger partial charge in [0.15, 0.2) is 0 Å². The van der Waals surface area contributed by atoms with Gasteiger partial charge in [0.1, 0.15) is 5.01 Å². The topological polar surface area (TPSA) is 54.0 Å². The number of benzene rings is 1. The largest absolute Gasteiger partial charge is 0.325 e. The van der Waals surface area contributed by atoms with Gasteiger partial charge in [0.25, 0.3) is 0 Å². The summed E-state index contributed by atoms with van der Waals surface area (Å²) in [6, 6.07) is 7.57. The first-order chi connectivity index (χ1) is 9.54. The molecule has 1 atom stereocenters. The Morgan fingerprint density at radius 1 is 1.40 bits per heavy atom. The molecule has 0 aliphatic rings. The smallest absolute Gasteiger partial charge is 0.238 e. The van der Waals surface area contributed by atoms with E-state index in [9.17, 15) is 4.79 Å². The summed E-state index contributed by atoms with van der Waals surface area (Å²) in [5, 5.41) is 9.02. The van der Waals surface area contributed by atoms with Gasteiger partial charge in [-0.15, -0.1) is 11.3 Å². The van der Waals surface area contributed by atoms with E-state index in [2.05, 4.69) is 31.5 Å². The minimum absolute atomic E-state index is 0.0625. The average Bonchev–Trinajstić information content (AvgIpc) is 2.85. The number of nitrogens with zero attached hydrogens (tertiary/aromatic N) is 1. The van der Waals surface area contributed by atoms with Crippen LogP contribution >= 0.6 is 27.3 Å². The number of aryl methyl sites for hydroxylation is 1. The fourth-order valence-corrected chi connectivity index (χ4v) is 2.74. The maximum absolute atomic E-state index is 11.8. The van der Waals surface area contributed by atoms with E-state index in [1.807, 2.05) is 43.5 Å². The van der Waals surface area contributed by atoms with Crippen molar-refractivity contribution >= 4 is 38.9 Å². The molecule has 1 aromatic heterocycles. The molecule has 0 saturated carbocycles. The molecule has 2 aromatic rings. The van der Waals surface area contributed by atoms with Crippen molar-refractivity contribution in [3.05, 3.63) is 44.8 Å². The molecule has 0 aliphatic carbocycles. The van der Waals surface area contributed by atoms with Crippen molar-refractivity contribution in [2.75, 3.05) is 11.9 Å². The molecule has 0 saturated heterocycles. The lowest BCUT2D eigenvalue weighted by atomic mass is 10.3. The standard InChI is InChI=1S/C14H16BrN3OS/c1-9-8-20-14(17-9)10(2)16-7-13(19)18-12-5-3-11(15)4-6-12/h3-6,8,10,16H,7H2,1-2H3,(H,18,19). The number of anilines is 1. The van der Waals surface area contributed by atoms with Crippen molar-refractivity contribution in [2.45, 2.75) is 19.9 Å². The molecule has 2 rings (SSSR count). The van der Waals surface area contributed by atoms with Crippen molar-refractivity contribution in [3.63, 3.8) is 0 Å². The van der Waals surface area contributed by atoms with Crippen LogP contribution in [-0.4, -0.2) is 17.4 Å². The Labute approximate surface area is 130 Å². The number of halogens is 1. The maximum Gasteiger partial charge on any atom is 0.238 e. The van der Waals surface area contributed by atoms with E-state index in [-0.39, 0.29) is 18.5 Å². The van der Waals surface area contributed by atoms with Gasteiger partial charge in [-0.05, 0) is 38.1 Å². The Kier molecular flexibility index (Phi) is 5.28. The van der Waals surface area contributed by atoms with E-state index in [1.54, 1.807) is 11.3 Å². The van der Waals surface area contributed by atoms with Crippen LogP contribution in [0.1, 0.15) is 23.7 Å². The van der Waals surface area contributed by atoms with E-state index in [0.717, 1.165) is 20.9 Å². The van der Waals surface area contributed by atoms with E-state index in [0.29, 0.717) is 0 Å². The van der Waals surface area contributed by atoms with Gasteiger partial charge in [0.2, 0.25) is 5.91 Å². The number of rotatable bonds is 5. The molecule has 1 aromatic carbocycles. The summed E-state index contributed by atoms with van der Waals surface area (Å²) in [6.45, 7) is 4.23. The monoisotopic (exact) mass is 353 g/mol. The Hall–Kier alpha value is -1.24. The highest BCUT2D eigenvalue weighted by molar-refractivity contribution is 9.10. The van der Waals surface area contributed by atoms with Gasteiger partial charge in [0, 0.05) is 21.2 Å². The van der Waals surface area contributed by atoms with Gasteiger partial charge in [-0.25, -0.2) is 4.98 Å². The minimum atomic E-state index is -0.0625. The third-order valence-corrected chi connectivity index (χ3v) is 4.38. The van der Waals surface area contributed by atoms with Crippen LogP contribution in [-0.2, 0) is 4.79 Å². The van der Waals surface area contributed by atoms with Gasteiger partial charge in [-0.3, -0.25) is 10.1 Å². The predicted octanol–water partition coefficient (Wildman–Crippen LogP) is 3.50. The van der Waals surface area contributed by atoms with Crippen molar-refractivity contribution < 1.29 is 4.79 Å². The first-order valence-electron chi connectivity index (χ1n) is 6.25. The number of carbonyl (C=O) groups excluding carboxylic acids is 1.